The Hall–Kier alpha value is -1.56. The molecule has 86 valence electrons. The van der Waals surface area contributed by atoms with E-state index in [1.807, 2.05) is 0 Å². The Labute approximate surface area is 97.3 Å². The first-order valence-corrected chi connectivity index (χ1v) is 5.55. The molecule has 16 heavy (non-hydrogen) atoms. The maximum Gasteiger partial charge on any atom is 0.356 e. The molecule has 0 aliphatic rings. The second-order valence-corrected chi connectivity index (χ2v) is 4.09. The van der Waals surface area contributed by atoms with Gasteiger partial charge in [-0.2, -0.15) is 5.10 Å². The van der Waals surface area contributed by atoms with Crippen molar-refractivity contribution in [3.63, 3.8) is 0 Å². The van der Waals surface area contributed by atoms with Crippen LogP contribution in [0.4, 0.5) is 0 Å². The highest BCUT2D eigenvalue weighted by Gasteiger charge is 2.11. The summed E-state index contributed by atoms with van der Waals surface area (Å²) in [5.74, 6) is 0.109. The van der Waals surface area contributed by atoms with Gasteiger partial charge in [-0.25, -0.2) is 4.79 Å². The highest BCUT2D eigenvalue weighted by atomic mass is 32.2. The Morgan fingerprint density at radius 1 is 1.62 bits per heavy atom. The number of H-pyrrole nitrogens is 1. The largest absolute Gasteiger partial charge is 0.464 e. The van der Waals surface area contributed by atoms with Gasteiger partial charge < -0.3 is 4.74 Å². The molecule has 0 saturated heterocycles. The molecule has 0 amide bonds. The van der Waals surface area contributed by atoms with Gasteiger partial charge in [-0.3, -0.25) is 9.89 Å². The minimum atomic E-state index is -0.462. The van der Waals surface area contributed by atoms with Gasteiger partial charge in [0.2, 0.25) is 0 Å². The summed E-state index contributed by atoms with van der Waals surface area (Å²) in [5, 5.41) is 6.37. The number of methoxy groups -OCH3 is 1. The van der Waals surface area contributed by atoms with E-state index in [-0.39, 0.29) is 5.12 Å². The summed E-state index contributed by atoms with van der Waals surface area (Å²) < 4.78 is 4.58. The molecule has 1 N–H and O–H groups in total. The second kappa shape index (κ2) is 6.12. The van der Waals surface area contributed by atoms with E-state index in [1.165, 1.54) is 32.0 Å². The Kier molecular flexibility index (Phi) is 4.78. The second-order valence-electron chi connectivity index (χ2n) is 2.90. The van der Waals surface area contributed by atoms with Crippen LogP contribution < -0.4 is 0 Å². The SMILES string of the molecule is COC(=O)c1[nH]ncc1C=CCSC(C)=O. The van der Waals surface area contributed by atoms with Crippen molar-refractivity contribution in [2.45, 2.75) is 6.92 Å². The third kappa shape index (κ3) is 3.54. The molecule has 0 atom stereocenters. The lowest BCUT2D eigenvalue weighted by Gasteiger charge is -1.95. The lowest BCUT2D eigenvalue weighted by molar-refractivity contribution is -0.109. The van der Waals surface area contributed by atoms with Gasteiger partial charge in [0.25, 0.3) is 0 Å². The Morgan fingerprint density at radius 2 is 2.38 bits per heavy atom. The number of aromatic amines is 1. The molecule has 1 rings (SSSR count). The van der Waals surface area contributed by atoms with Crippen LogP contribution in [0, 0.1) is 0 Å². The number of thioether (sulfide) groups is 1. The molecule has 0 aliphatic carbocycles. The summed E-state index contributed by atoms with van der Waals surface area (Å²) in [5.41, 5.74) is 0.961. The van der Waals surface area contributed by atoms with Crippen LogP contribution >= 0.6 is 11.8 Å². The normalized spacial score (nSPS) is 10.6. The first kappa shape index (κ1) is 12.5. The molecule has 5 nitrogen and oxygen atoms in total. The standard InChI is InChI=1S/C10H12N2O3S/c1-7(13)16-5-3-4-8-6-11-12-9(8)10(14)15-2/h3-4,6H,5H2,1-2H3,(H,11,12). The number of hydrogen-bond acceptors (Lipinski definition) is 5. The third-order valence-corrected chi connectivity index (χ3v) is 2.50. The van der Waals surface area contributed by atoms with Crippen molar-refractivity contribution in [3.05, 3.63) is 23.5 Å². The van der Waals surface area contributed by atoms with Gasteiger partial charge in [0.15, 0.2) is 10.8 Å². The van der Waals surface area contributed by atoms with Crippen LogP contribution in [0.25, 0.3) is 6.08 Å². The van der Waals surface area contributed by atoms with Crippen molar-refractivity contribution in [2.24, 2.45) is 0 Å². The van der Waals surface area contributed by atoms with Crippen molar-refractivity contribution in [2.75, 3.05) is 12.9 Å². The first-order chi connectivity index (χ1) is 7.65. The predicted molar refractivity (Wildman–Crippen MR) is 62.1 cm³/mol. The number of rotatable bonds is 4. The van der Waals surface area contributed by atoms with E-state index in [2.05, 4.69) is 14.9 Å². The van der Waals surface area contributed by atoms with Crippen LogP contribution in [0.3, 0.4) is 0 Å². The highest BCUT2D eigenvalue weighted by Crippen LogP contribution is 2.09. The average molecular weight is 240 g/mol. The number of nitrogens with zero attached hydrogens (tertiary/aromatic N) is 1. The smallest absolute Gasteiger partial charge is 0.356 e. The number of carbonyl (C=O) groups excluding carboxylic acids is 2. The van der Waals surface area contributed by atoms with Crippen LogP contribution in [0.5, 0.6) is 0 Å². The number of hydrogen-bond donors (Lipinski definition) is 1. The van der Waals surface area contributed by atoms with E-state index in [9.17, 15) is 9.59 Å². The molecule has 0 aromatic carbocycles. The molecule has 0 unspecified atom stereocenters. The fraction of sp³-hybridized carbons (Fsp3) is 0.300. The summed E-state index contributed by atoms with van der Waals surface area (Å²) in [4.78, 5) is 21.9. The molecular formula is C10H12N2O3S. The van der Waals surface area contributed by atoms with E-state index in [4.69, 9.17) is 0 Å². The highest BCUT2D eigenvalue weighted by molar-refractivity contribution is 8.13. The molecule has 0 saturated carbocycles. The summed E-state index contributed by atoms with van der Waals surface area (Å²) in [6, 6.07) is 0. The maximum absolute atomic E-state index is 11.2. The maximum atomic E-state index is 11.2. The molecule has 0 fully saturated rings. The quantitative estimate of drug-likeness (QED) is 0.807. The Balaban J connectivity index is 2.63. The zero-order chi connectivity index (χ0) is 12.0. The average Bonchev–Trinajstić information content (AvgIpc) is 2.71. The minimum Gasteiger partial charge on any atom is -0.464 e. The molecule has 1 aromatic rings. The molecular weight excluding hydrogens is 228 g/mol. The fourth-order valence-corrected chi connectivity index (χ4v) is 1.46. The van der Waals surface area contributed by atoms with E-state index in [0.717, 1.165) is 0 Å². The van der Waals surface area contributed by atoms with Gasteiger partial charge in [0.05, 0.1) is 13.3 Å². The van der Waals surface area contributed by atoms with Gasteiger partial charge in [0, 0.05) is 18.2 Å². The Morgan fingerprint density at radius 3 is 3.00 bits per heavy atom. The van der Waals surface area contributed by atoms with Crippen molar-refractivity contribution in [3.8, 4) is 0 Å². The number of ether oxygens (including phenoxy) is 1. The van der Waals surface area contributed by atoms with Crippen LogP contribution in [0.1, 0.15) is 23.0 Å². The number of carbonyl (C=O) groups is 2. The molecule has 0 spiro atoms. The van der Waals surface area contributed by atoms with Crippen LogP contribution in [0.15, 0.2) is 12.3 Å². The Bertz CT molecular complexity index is 412. The summed E-state index contributed by atoms with van der Waals surface area (Å²) >= 11 is 1.20. The van der Waals surface area contributed by atoms with E-state index < -0.39 is 5.97 Å². The van der Waals surface area contributed by atoms with Crippen molar-refractivity contribution in [1.29, 1.82) is 0 Å². The van der Waals surface area contributed by atoms with Crippen molar-refractivity contribution in [1.82, 2.24) is 10.2 Å². The molecule has 6 heteroatoms. The summed E-state index contributed by atoms with van der Waals surface area (Å²) in [7, 11) is 1.31. The monoisotopic (exact) mass is 240 g/mol. The van der Waals surface area contributed by atoms with Gasteiger partial charge >= 0.3 is 5.97 Å². The topological polar surface area (TPSA) is 72.1 Å². The zero-order valence-electron chi connectivity index (χ0n) is 9.02. The zero-order valence-corrected chi connectivity index (χ0v) is 9.84. The molecule has 1 aromatic heterocycles. The molecule has 0 bridgehead atoms. The van der Waals surface area contributed by atoms with E-state index in [1.54, 1.807) is 12.2 Å². The van der Waals surface area contributed by atoms with Gasteiger partial charge in [-0.1, -0.05) is 23.9 Å². The summed E-state index contributed by atoms with van der Waals surface area (Å²) in [6.07, 6.45) is 5.05. The number of aromatic nitrogens is 2. The van der Waals surface area contributed by atoms with Gasteiger partial charge in [-0.05, 0) is 0 Å². The molecule has 0 radical (unpaired) electrons. The van der Waals surface area contributed by atoms with Gasteiger partial charge in [0.1, 0.15) is 0 Å². The first-order valence-electron chi connectivity index (χ1n) is 4.56. The van der Waals surface area contributed by atoms with Crippen LogP contribution in [-0.4, -0.2) is 34.1 Å². The van der Waals surface area contributed by atoms with Crippen molar-refractivity contribution >= 4 is 28.9 Å². The van der Waals surface area contributed by atoms with Crippen LogP contribution in [0.2, 0.25) is 0 Å². The molecule has 1 heterocycles. The fourth-order valence-electron chi connectivity index (χ4n) is 1.03. The van der Waals surface area contributed by atoms with Crippen molar-refractivity contribution < 1.29 is 14.3 Å². The lowest BCUT2D eigenvalue weighted by atomic mass is 10.2. The number of nitrogens with one attached hydrogen (secondary N) is 1. The van der Waals surface area contributed by atoms with E-state index >= 15 is 0 Å². The third-order valence-electron chi connectivity index (χ3n) is 1.74. The summed E-state index contributed by atoms with van der Waals surface area (Å²) in [6.45, 7) is 1.51. The predicted octanol–water partition coefficient (Wildman–Crippen LogP) is 1.49. The number of esters is 1. The van der Waals surface area contributed by atoms with E-state index in [0.29, 0.717) is 17.0 Å². The lowest BCUT2D eigenvalue weighted by Crippen LogP contribution is -2.03. The minimum absolute atomic E-state index is 0.0602. The van der Waals surface area contributed by atoms with Gasteiger partial charge in [-0.15, -0.1) is 0 Å². The van der Waals surface area contributed by atoms with Crippen LogP contribution in [-0.2, 0) is 9.53 Å². The molecule has 0 aliphatic heterocycles.